The molecule has 1 saturated carbocycles. The van der Waals surface area contributed by atoms with Gasteiger partial charge in [-0.05, 0) is 31.0 Å². The van der Waals surface area contributed by atoms with Crippen LogP contribution in [-0.2, 0) is 9.59 Å². The molecule has 2 aliphatic rings. The topological polar surface area (TPSA) is 40.6 Å². The maximum atomic E-state index is 12.5. The lowest BCUT2D eigenvalue weighted by atomic mass is 10.0. The van der Waals surface area contributed by atoms with Crippen LogP contribution in [0, 0.1) is 11.8 Å². The summed E-state index contributed by atoms with van der Waals surface area (Å²) < 4.78 is 0. The van der Waals surface area contributed by atoms with E-state index in [2.05, 4.69) is 4.90 Å². The second kappa shape index (κ2) is 7.32. The van der Waals surface area contributed by atoms with E-state index >= 15 is 0 Å². The lowest BCUT2D eigenvalue weighted by Crippen LogP contribution is -2.50. The Hall–Kier alpha value is -1.26. The molecule has 0 N–H and O–H groups in total. The van der Waals surface area contributed by atoms with Gasteiger partial charge in [0.15, 0.2) is 0 Å². The summed E-state index contributed by atoms with van der Waals surface area (Å²) in [7, 11) is 0. The Bertz CT molecular complexity index is 618. The zero-order chi connectivity index (χ0) is 17.3. The summed E-state index contributed by atoms with van der Waals surface area (Å²) in [6, 6.07) is 5.49. The van der Waals surface area contributed by atoms with Crippen molar-refractivity contribution >= 4 is 40.6 Å². The first-order chi connectivity index (χ1) is 11.4. The number of nitrogens with zero attached hydrogens (tertiary/aromatic N) is 2. The first-order valence-corrected chi connectivity index (χ1v) is 9.22. The largest absolute Gasteiger partial charge is 0.368 e. The highest BCUT2D eigenvalue weighted by Crippen LogP contribution is 2.32. The number of carbonyl (C=O) groups excluding carboxylic acids is 2. The van der Waals surface area contributed by atoms with Gasteiger partial charge in [0, 0.05) is 60.2 Å². The third-order valence-electron chi connectivity index (χ3n) is 4.77. The van der Waals surface area contributed by atoms with Crippen LogP contribution in [0.4, 0.5) is 5.69 Å². The molecular formula is C18H22Cl2N2O2. The number of halogens is 2. The van der Waals surface area contributed by atoms with Crippen molar-refractivity contribution in [2.45, 2.75) is 26.2 Å². The summed E-state index contributed by atoms with van der Waals surface area (Å²) in [5.74, 6) is 0.353. The summed E-state index contributed by atoms with van der Waals surface area (Å²) in [6.45, 7) is 4.67. The number of carbonyl (C=O) groups is 2. The Kier molecular flexibility index (Phi) is 5.36. The molecule has 1 aliphatic carbocycles. The molecular weight excluding hydrogens is 347 g/mol. The van der Waals surface area contributed by atoms with Crippen molar-refractivity contribution in [3.63, 3.8) is 0 Å². The monoisotopic (exact) mass is 368 g/mol. The van der Waals surface area contributed by atoms with Crippen molar-refractivity contribution < 1.29 is 9.59 Å². The van der Waals surface area contributed by atoms with E-state index in [-0.39, 0.29) is 23.5 Å². The second-order valence-corrected chi connectivity index (χ2v) is 7.66. The van der Waals surface area contributed by atoms with Gasteiger partial charge in [0.1, 0.15) is 5.78 Å². The molecule has 0 bridgehead atoms. The molecule has 1 aromatic rings. The van der Waals surface area contributed by atoms with Gasteiger partial charge in [-0.2, -0.15) is 0 Å². The van der Waals surface area contributed by atoms with Crippen LogP contribution in [0.2, 0.25) is 10.0 Å². The van der Waals surface area contributed by atoms with Crippen LogP contribution in [0.15, 0.2) is 18.2 Å². The lowest BCUT2D eigenvalue weighted by molar-refractivity contribution is -0.137. The number of anilines is 1. The fraction of sp³-hybridized carbons (Fsp3) is 0.556. The molecule has 1 atom stereocenters. The molecule has 1 aromatic carbocycles. The van der Waals surface area contributed by atoms with Crippen molar-refractivity contribution in [2.24, 2.45) is 11.8 Å². The summed E-state index contributed by atoms with van der Waals surface area (Å²) in [5.41, 5.74) is 0.983. The first-order valence-electron chi connectivity index (χ1n) is 8.46. The number of benzene rings is 1. The molecule has 0 radical (unpaired) electrons. The number of rotatable bonds is 5. The average molecular weight is 369 g/mol. The molecule has 0 aromatic heterocycles. The van der Waals surface area contributed by atoms with E-state index in [9.17, 15) is 9.59 Å². The van der Waals surface area contributed by atoms with Crippen LogP contribution >= 0.6 is 23.2 Å². The third kappa shape index (κ3) is 4.22. The molecule has 1 heterocycles. The van der Waals surface area contributed by atoms with E-state index < -0.39 is 0 Å². The van der Waals surface area contributed by atoms with Crippen molar-refractivity contribution in [3.8, 4) is 0 Å². The molecule has 1 aliphatic heterocycles. The number of amides is 1. The molecule has 0 spiro atoms. The van der Waals surface area contributed by atoms with Crippen molar-refractivity contribution in [1.82, 2.24) is 4.90 Å². The molecule has 1 amide bonds. The van der Waals surface area contributed by atoms with Gasteiger partial charge < -0.3 is 9.80 Å². The van der Waals surface area contributed by atoms with Gasteiger partial charge in [0.25, 0.3) is 0 Å². The highest BCUT2D eigenvalue weighted by molar-refractivity contribution is 6.35. The minimum Gasteiger partial charge on any atom is -0.368 e. The Morgan fingerprint density at radius 2 is 1.67 bits per heavy atom. The smallest absolute Gasteiger partial charge is 0.225 e. The van der Waals surface area contributed by atoms with Gasteiger partial charge >= 0.3 is 0 Å². The number of hydrogen-bond acceptors (Lipinski definition) is 3. The molecule has 130 valence electrons. The van der Waals surface area contributed by atoms with Crippen molar-refractivity contribution in [1.29, 1.82) is 0 Å². The zero-order valence-electron chi connectivity index (χ0n) is 13.8. The second-order valence-electron chi connectivity index (χ2n) is 6.79. The van der Waals surface area contributed by atoms with Crippen LogP contribution < -0.4 is 4.90 Å². The highest BCUT2D eigenvalue weighted by Gasteiger charge is 2.33. The zero-order valence-corrected chi connectivity index (χ0v) is 15.3. The molecule has 2 fully saturated rings. The van der Waals surface area contributed by atoms with Crippen LogP contribution in [0.1, 0.15) is 26.2 Å². The van der Waals surface area contributed by atoms with Crippen molar-refractivity contribution in [2.75, 3.05) is 31.1 Å². The van der Waals surface area contributed by atoms with Gasteiger partial charge in [0.2, 0.25) is 5.91 Å². The van der Waals surface area contributed by atoms with E-state index in [0.29, 0.717) is 29.6 Å². The molecule has 6 heteroatoms. The summed E-state index contributed by atoms with van der Waals surface area (Å²) in [6.07, 6.45) is 2.38. The normalized spacial score (nSPS) is 19.3. The highest BCUT2D eigenvalue weighted by atomic mass is 35.5. The third-order valence-corrected chi connectivity index (χ3v) is 5.20. The Labute approximate surface area is 152 Å². The van der Waals surface area contributed by atoms with Crippen LogP contribution in [-0.4, -0.2) is 42.8 Å². The van der Waals surface area contributed by atoms with Crippen LogP contribution in [0.3, 0.4) is 0 Å². The standard InChI is InChI=1S/C18H22Cl2N2O2/c1-12(8-17(23)13-2-3-13)18(24)22-6-4-21(5-7-22)16-10-14(19)9-15(20)11-16/h9-13H,2-8H2,1H3. The summed E-state index contributed by atoms with van der Waals surface area (Å²) in [4.78, 5) is 28.5. The minimum absolute atomic E-state index is 0.0905. The molecule has 1 unspecified atom stereocenters. The Morgan fingerprint density at radius 3 is 2.21 bits per heavy atom. The quantitative estimate of drug-likeness (QED) is 0.796. The van der Waals surface area contributed by atoms with E-state index in [1.807, 2.05) is 24.0 Å². The number of piperazine rings is 1. The maximum Gasteiger partial charge on any atom is 0.225 e. The summed E-state index contributed by atoms with van der Waals surface area (Å²) >= 11 is 12.1. The number of ketones is 1. The van der Waals surface area contributed by atoms with Gasteiger partial charge in [0.05, 0.1) is 0 Å². The minimum atomic E-state index is -0.217. The van der Waals surface area contributed by atoms with Gasteiger partial charge in [-0.15, -0.1) is 0 Å². The molecule has 4 nitrogen and oxygen atoms in total. The Morgan fingerprint density at radius 1 is 1.08 bits per heavy atom. The van der Waals surface area contributed by atoms with Gasteiger partial charge in [-0.3, -0.25) is 9.59 Å². The predicted octanol–water partition coefficient (Wildman–Crippen LogP) is 3.65. The number of hydrogen-bond donors (Lipinski definition) is 0. The first kappa shape index (κ1) is 17.6. The SMILES string of the molecule is CC(CC(=O)C1CC1)C(=O)N1CCN(c2cc(Cl)cc(Cl)c2)CC1. The molecule has 24 heavy (non-hydrogen) atoms. The van der Waals surface area contributed by atoms with Gasteiger partial charge in [-0.25, -0.2) is 0 Å². The summed E-state index contributed by atoms with van der Waals surface area (Å²) in [5, 5.41) is 1.23. The number of Topliss-reactive ketones (excluding diaryl/α,β-unsaturated/α-hetero) is 1. The van der Waals surface area contributed by atoms with Gasteiger partial charge in [-0.1, -0.05) is 30.1 Å². The predicted molar refractivity (Wildman–Crippen MR) is 96.8 cm³/mol. The van der Waals surface area contributed by atoms with E-state index in [4.69, 9.17) is 23.2 Å². The Balaban J connectivity index is 1.54. The lowest BCUT2D eigenvalue weighted by Gasteiger charge is -2.37. The van der Waals surface area contributed by atoms with E-state index in [1.54, 1.807) is 6.07 Å². The van der Waals surface area contributed by atoms with Crippen LogP contribution in [0.5, 0.6) is 0 Å². The van der Waals surface area contributed by atoms with E-state index in [1.165, 1.54) is 0 Å². The van der Waals surface area contributed by atoms with Crippen LogP contribution in [0.25, 0.3) is 0 Å². The fourth-order valence-corrected chi connectivity index (χ4v) is 3.69. The molecule has 1 saturated heterocycles. The van der Waals surface area contributed by atoms with Crippen molar-refractivity contribution in [3.05, 3.63) is 28.2 Å². The van der Waals surface area contributed by atoms with E-state index in [0.717, 1.165) is 31.6 Å². The fourth-order valence-electron chi connectivity index (χ4n) is 3.18. The maximum absolute atomic E-state index is 12.5. The molecule has 3 rings (SSSR count). The average Bonchev–Trinajstić information content (AvgIpc) is 3.38.